The van der Waals surface area contributed by atoms with E-state index in [2.05, 4.69) is 4.90 Å². The zero-order chi connectivity index (χ0) is 14.2. The van der Waals surface area contributed by atoms with Crippen molar-refractivity contribution in [1.82, 2.24) is 0 Å². The van der Waals surface area contributed by atoms with Crippen LogP contribution < -0.4 is 10.6 Å². The first kappa shape index (κ1) is 14.2. The van der Waals surface area contributed by atoms with Crippen LogP contribution in [0.2, 0.25) is 0 Å². The minimum Gasteiger partial charge on any atom is -0.389 e. The van der Waals surface area contributed by atoms with E-state index in [0.717, 1.165) is 5.69 Å². The molecule has 1 aliphatic rings. The molecule has 0 radical (unpaired) electrons. The maximum atomic E-state index is 13.9. The molecule has 0 saturated carbocycles. The van der Waals surface area contributed by atoms with Crippen LogP contribution in [0, 0.1) is 5.82 Å². The third-order valence-corrected chi connectivity index (χ3v) is 3.35. The van der Waals surface area contributed by atoms with E-state index < -0.39 is 0 Å². The molecule has 1 fully saturated rings. The van der Waals surface area contributed by atoms with Gasteiger partial charge in [0.05, 0.1) is 23.0 Å². The summed E-state index contributed by atoms with van der Waals surface area (Å²) in [6.07, 6.45) is 0.0752. The molecule has 0 spiro atoms. The summed E-state index contributed by atoms with van der Waals surface area (Å²) in [4.78, 5) is 2.18. The van der Waals surface area contributed by atoms with Crippen LogP contribution in [0.5, 0.6) is 0 Å². The van der Waals surface area contributed by atoms with Crippen molar-refractivity contribution >= 4 is 22.9 Å². The number of halogens is 1. The molecular weight excluding hydrogens is 263 g/mol. The Labute approximate surface area is 118 Å². The molecule has 104 valence electrons. The lowest BCUT2D eigenvalue weighted by Crippen LogP contribution is -2.52. The van der Waals surface area contributed by atoms with Crippen molar-refractivity contribution < 1.29 is 9.13 Å². The number of nitrogens with two attached hydrogens (primary N) is 1. The number of thiocarbonyl (C=S) groups is 1. The van der Waals surface area contributed by atoms with Gasteiger partial charge in [0.15, 0.2) is 0 Å². The van der Waals surface area contributed by atoms with Gasteiger partial charge in [-0.1, -0.05) is 18.3 Å². The van der Waals surface area contributed by atoms with Gasteiger partial charge in [-0.15, -0.1) is 0 Å². The standard InChI is InChI=1S/C14H19FN2OS/c1-9-7-17(8-14(2,3)18-9)11-6-4-5-10(15)12(11)13(16)19/h4-6,9H,7-8H2,1-3H3,(H2,16,19). The van der Waals surface area contributed by atoms with Gasteiger partial charge in [0, 0.05) is 13.1 Å². The van der Waals surface area contributed by atoms with Crippen LogP contribution in [0.15, 0.2) is 18.2 Å². The van der Waals surface area contributed by atoms with Crippen LogP contribution in [0.3, 0.4) is 0 Å². The van der Waals surface area contributed by atoms with Gasteiger partial charge < -0.3 is 15.4 Å². The van der Waals surface area contributed by atoms with Crippen LogP contribution in [-0.4, -0.2) is 29.8 Å². The Bertz CT molecular complexity index is 504. The smallest absolute Gasteiger partial charge is 0.135 e. The van der Waals surface area contributed by atoms with Crippen molar-refractivity contribution in [2.75, 3.05) is 18.0 Å². The highest BCUT2D eigenvalue weighted by atomic mass is 32.1. The molecule has 0 amide bonds. The minimum atomic E-state index is -0.373. The summed E-state index contributed by atoms with van der Waals surface area (Å²) in [6.45, 7) is 7.43. The first-order chi connectivity index (χ1) is 8.80. The van der Waals surface area contributed by atoms with Gasteiger partial charge in [0.2, 0.25) is 0 Å². The number of rotatable bonds is 2. The van der Waals surface area contributed by atoms with E-state index in [1.54, 1.807) is 6.07 Å². The Kier molecular flexibility index (Phi) is 3.78. The molecular formula is C14H19FN2OS. The maximum absolute atomic E-state index is 13.9. The fourth-order valence-corrected chi connectivity index (χ4v) is 2.86. The first-order valence-corrected chi connectivity index (χ1v) is 6.72. The molecule has 0 aliphatic carbocycles. The molecule has 0 aromatic heterocycles. The van der Waals surface area contributed by atoms with E-state index in [4.69, 9.17) is 22.7 Å². The molecule has 1 atom stereocenters. The lowest BCUT2D eigenvalue weighted by atomic mass is 10.0. The number of benzene rings is 1. The highest BCUT2D eigenvalue weighted by Crippen LogP contribution is 2.29. The molecule has 1 unspecified atom stereocenters. The summed E-state index contributed by atoms with van der Waals surface area (Å²) in [5.41, 5.74) is 6.45. The third kappa shape index (κ3) is 3.04. The SMILES string of the molecule is CC1CN(c2cccc(F)c2C(N)=S)CC(C)(C)O1. The Morgan fingerprint density at radius 2 is 2.21 bits per heavy atom. The van der Waals surface area contributed by atoms with E-state index >= 15 is 0 Å². The molecule has 1 aromatic rings. The highest BCUT2D eigenvalue weighted by Gasteiger charge is 2.32. The molecule has 1 aromatic carbocycles. The predicted molar refractivity (Wildman–Crippen MR) is 79.1 cm³/mol. The van der Waals surface area contributed by atoms with Crippen LogP contribution in [-0.2, 0) is 4.74 Å². The fraction of sp³-hybridized carbons (Fsp3) is 0.500. The molecule has 1 aliphatic heterocycles. The summed E-state index contributed by atoms with van der Waals surface area (Å²) < 4.78 is 19.8. The zero-order valence-electron chi connectivity index (χ0n) is 11.4. The monoisotopic (exact) mass is 282 g/mol. The van der Waals surface area contributed by atoms with Crippen LogP contribution >= 0.6 is 12.2 Å². The first-order valence-electron chi connectivity index (χ1n) is 6.31. The maximum Gasteiger partial charge on any atom is 0.135 e. The van der Waals surface area contributed by atoms with Gasteiger partial charge in [0.25, 0.3) is 0 Å². The van der Waals surface area contributed by atoms with Gasteiger partial charge in [-0.3, -0.25) is 0 Å². The van der Waals surface area contributed by atoms with Gasteiger partial charge in [-0.05, 0) is 32.9 Å². The summed E-state index contributed by atoms with van der Waals surface area (Å²) in [6, 6.07) is 4.91. The number of hydrogen-bond acceptors (Lipinski definition) is 3. The van der Waals surface area contributed by atoms with E-state index in [0.29, 0.717) is 18.7 Å². The molecule has 1 heterocycles. The molecule has 1 saturated heterocycles. The molecule has 5 heteroatoms. The predicted octanol–water partition coefficient (Wildman–Crippen LogP) is 2.46. The Morgan fingerprint density at radius 3 is 2.79 bits per heavy atom. The molecule has 3 nitrogen and oxygen atoms in total. The minimum absolute atomic E-state index is 0.0752. The number of nitrogens with zero attached hydrogens (tertiary/aromatic N) is 1. The number of hydrogen-bond donors (Lipinski definition) is 1. The lowest BCUT2D eigenvalue weighted by molar-refractivity contribution is -0.0749. The van der Waals surface area contributed by atoms with Crippen LogP contribution in [0.4, 0.5) is 10.1 Å². The van der Waals surface area contributed by atoms with E-state index in [9.17, 15) is 4.39 Å². The quantitative estimate of drug-likeness (QED) is 0.846. The van der Waals surface area contributed by atoms with Crippen molar-refractivity contribution in [2.45, 2.75) is 32.5 Å². The third-order valence-electron chi connectivity index (χ3n) is 3.15. The van der Waals surface area contributed by atoms with Crippen LogP contribution in [0.1, 0.15) is 26.3 Å². The van der Waals surface area contributed by atoms with Gasteiger partial charge in [-0.2, -0.15) is 0 Å². The Balaban J connectivity index is 2.41. The summed E-state index contributed by atoms with van der Waals surface area (Å²) >= 11 is 4.97. The van der Waals surface area contributed by atoms with Crippen molar-refractivity contribution in [3.05, 3.63) is 29.6 Å². The molecule has 19 heavy (non-hydrogen) atoms. The highest BCUT2D eigenvalue weighted by molar-refractivity contribution is 7.80. The number of morpholine rings is 1. The van der Waals surface area contributed by atoms with Crippen LogP contribution in [0.25, 0.3) is 0 Å². The Hall–Kier alpha value is -1.20. The number of anilines is 1. The molecule has 2 rings (SSSR count). The largest absolute Gasteiger partial charge is 0.389 e. The average Bonchev–Trinajstić information content (AvgIpc) is 2.25. The van der Waals surface area contributed by atoms with Crippen molar-refractivity contribution in [2.24, 2.45) is 5.73 Å². The second kappa shape index (κ2) is 5.06. The summed E-state index contributed by atoms with van der Waals surface area (Å²) in [5.74, 6) is -0.373. The zero-order valence-corrected chi connectivity index (χ0v) is 12.3. The Morgan fingerprint density at radius 1 is 1.53 bits per heavy atom. The van der Waals surface area contributed by atoms with Gasteiger partial charge >= 0.3 is 0 Å². The summed E-state index contributed by atoms with van der Waals surface area (Å²) in [5, 5.41) is 0. The topological polar surface area (TPSA) is 38.5 Å². The fourth-order valence-electron chi connectivity index (χ4n) is 2.66. The second-order valence-electron chi connectivity index (χ2n) is 5.57. The van der Waals surface area contributed by atoms with Gasteiger partial charge in [0.1, 0.15) is 10.8 Å². The normalized spacial score (nSPS) is 22.3. The summed E-state index contributed by atoms with van der Waals surface area (Å²) in [7, 11) is 0. The van der Waals surface area contributed by atoms with Crippen molar-refractivity contribution in [3.63, 3.8) is 0 Å². The van der Waals surface area contributed by atoms with E-state index in [1.165, 1.54) is 6.07 Å². The number of ether oxygens (including phenoxy) is 1. The van der Waals surface area contributed by atoms with Crippen molar-refractivity contribution in [1.29, 1.82) is 0 Å². The lowest BCUT2D eigenvalue weighted by Gasteiger charge is -2.43. The van der Waals surface area contributed by atoms with Gasteiger partial charge in [-0.25, -0.2) is 4.39 Å². The van der Waals surface area contributed by atoms with Crippen molar-refractivity contribution in [3.8, 4) is 0 Å². The second-order valence-corrected chi connectivity index (χ2v) is 6.01. The molecule has 2 N–H and O–H groups in total. The van der Waals surface area contributed by atoms with E-state index in [-0.39, 0.29) is 22.5 Å². The van der Waals surface area contributed by atoms with E-state index in [1.807, 2.05) is 26.8 Å². The molecule has 0 bridgehead atoms. The average molecular weight is 282 g/mol.